The number of rotatable bonds is 11. The van der Waals surface area contributed by atoms with Crippen LogP contribution in [-0.2, 0) is 17.9 Å². The summed E-state index contributed by atoms with van der Waals surface area (Å²) in [6, 6.07) is 31.2. The van der Waals surface area contributed by atoms with Gasteiger partial charge in [-0.15, -0.1) is 0 Å². The third-order valence-corrected chi connectivity index (χ3v) is 5.93. The third-order valence-electron chi connectivity index (χ3n) is 5.93. The Morgan fingerprint density at radius 1 is 0.895 bits per heavy atom. The Kier molecular flexibility index (Phi) is 8.80. The monoisotopic (exact) mass is 510 g/mol. The predicted molar refractivity (Wildman–Crippen MR) is 147 cm³/mol. The van der Waals surface area contributed by atoms with Crippen molar-refractivity contribution in [2.45, 2.75) is 19.2 Å². The number of anilines is 1. The van der Waals surface area contributed by atoms with Gasteiger partial charge in [0.05, 0.1) is 7.11 Å². The van der Waals surface area contributed by atoms with Crippen LogP contribution < -0.4 is 25.8 Å². The molecule has 0 saturated heterocycles. The van der Waals surface area contributed by atoms with Gasteiger partial charge in [0.25, 0.3) is 0 Å². The van der Waals surface area contributed by atoms with E-state index in [0.29, 0.717) is 41.5 Å². The molecule has 1 amide bonds. The standard InChI is InChI=1S/C30H30N4O4/c1-37-27-18-24(14-17-26(27)38-20-22-10-6-3-7-11-22)28(30(35)32-19-21-8-4-2-5-9-21)33-25-15-12-23(13-16-25)29(31)34-36/h2-18,28,33,36H,19-20H2,1H3,(H2,31,34)(H,32,35)/t28-/m1/s1. The highest BCUT2D eigenvalue weighted by molar-refractivity contribution is 5.97. The van der Waals surface area contributed by atoms with Gasteiger partial charge in [0.2, 0.25) is 5.91 Å². The molecule has 0 spiro atoms. The molecule has 8 heteroatoms. The molecule has 4 aromatic carbocycles. The fourth-order valence-corrected chi connectivity index (χ4v) is 3.87. The van der Waals surface area contributed by atoms with Crippen molar-refractivity contribution in [1.29, 1.82) is 0 Å². The second-order valence-electron chi connectivity index (χ2n) is 8.53. The van der Waals surface area contributed by atoms with Crippen LogP contribution in [0.1, 0.15) is 28.3 Å². The number of amides is 1. The first-order valence-electron chi connectivity index (χ1n) is 12.1. The molecule has 4 aromatic rings. The number of hydrogen-bond donors (Lipinski definition) is 4. The number of nitrogens with two attached hydrogens (primary N) is 1. The molecule has 0 aliphatic carbocycles. The van der Waals surface area contributed by atoms with Gasteiger partial charge in [0, 0.05) is 17.8 Å². The van der Waals surface area contributed by atoms with Crippen LogP contribution in [-0.4, -0.2) is 24.1 Å². The number of benzene rings is 4. The Labute approximate surface area is 221 Å². The summed E-state index contributed by atoms with van der Waals surface area (Å²) in [5.74, 6) is 0.883. The van der Waals surface area contributed by atoms with E-state index >= 15 is 0 Å². The van der Waals surface area contributed by atoms with Gasteiger partial charge in [0.1, 0.15) is 12.6 Å². The van der Waals surface area contributed by atoms with Crippen molar-refractivity contribution in [1.82, 2.24) is 5.32 Å². The minimum Gasteiger partial charge on any atom is -0.493 e. The lowest BCUT2D eigenvalue weighted by atomic mass is 10.0. The highest BCUT2D eigenvalue weighted by Crippen LogP contribution is 2.32. The van der Waals surface area contributed by atoms with Crippen molar-refractivity contribution in [2.75, 3.05) is 12.4 Å². The first-order valence-corrected chi connectivity index (χ1v) is 12.1. The van der Waals surface area contributed by atoms with Gasteiger partial charge in [-0.25, -0.2) is 0 Å². The molecule has 0 bridgehead atoms. The quantitative estimate of drug-likeness (QED) is 0.0993. The summed E-state index contributed by atoms with van der Waals surface area (Å²) in [5.41, 5.74) is 9.64. The molecule has 0 radical (unpaired) electrons. The molecule has 4 rings (SSSR count). The molecule has 0 aromatic heterocycles. The second-order valence-corrected chi connectivity index (χ2v) is 8.53. The van der Waals surface area contributed by atoms with E-state index in [4.69, 9.17) is 20.4 Å². The minimum absolute atomic E-state index is 0.00420. The zero-order valence-electron chi connectivity index (χ0n) is 21.0. The van der Waals surface area contributed by atoms with Crippen molar-refractivity contribution in [3.8, 4) is 11.5 Å². The fourth-order valence-electron chi connectivity index (χ4n) is 3.87. The zero-order chi connectivity index (χ0) is 26.7. The average Bonchev–Trinajstić information content (AvgIpc) is 2.98. The van der Waals surface area contributed by atoms with Gasteiger partial charge < -0.3 is 31.0 Å². The second kappa shape index (κ2) is 12.8. The molecule has 0 aliphatic heterocycles. The Bertz CT molecular complexity index is 1360. The smallest absolute Gasteiger partial charge is 0.247 e. The first-order chi connectivity index (χ1) is 18.6. The number of amidine groups is 1. The molecule has 0 saturated carbocycles. The molecule has 1 atom stereocenters. The summed E-state index contributed by atoms with van der Waals surface area (Å²) < 4.78 is 11.6. The third kappa shape index (κ3) is 6.82. The van der Waals surface area contributed by atoms with Crippen molar-refractivity contribution in [3.63, 3.8) is 0 Å². The van der Waals surface area contributed by atoms with Gasteiger partial charge in [-0.3, -0.25) is 4.79 Å². The average molecular weight is 511 g/mol. The summed E-state index contributed by atoms with van der Waals surface area (Å²) in [6.07, 6.45) is 0. The van der Waals surface area contributed by atoms with Crippen LogP contribution >= 0.6 is 0 Å². The number of nitrogens with one attached hydrogen (secondary N) is 2. The molecule has 38 heavy (non-hydrogen) atoms. The van der Waals surface area contributed by atoms with E-state index < -0.39 is 6.04 Å². The molecule has 0 fully saturated rings. The van der Waals surface area contributed by atoms with Crippen LogP contribution in [0.3, 0.4) is 0 Å². The number of carbonyl (C=O) groups is 1. The zero-order valence-corrected chi connectivity index (χ0v) is 21.0. The molecule has 0 heterocycles. The lowest BCUT2D eigenvalue weighted by molar-refractivity contribution is -0.122. The Morgan fingerprint density at radius 2 is 1.55 bits per heavy atom. The highest BCUT2D eigenvalue weighted by Gasteiger charge is 2.22. The van der Waals surface area contributed by atoms with E-state index in [-0.39, 0.29) is 11.7 Å². The fraction of sp³-hybridized carbons (Fsp3) is 0.133. The van der Waals surface area contributed by atoms with E-state index in [0.717, 1.165) is 11.1 Å². The summed E-state index contributed by atoms with van der Waals surface area (Å²) in [4.78, 5) is 13.4. The van der Waals surface area contributed by atoms with Gasteiger partial charge >= 0.3 is 0 Å². The van der Waals surface area contributed by atoms with Gasteiger partial charge in [-0.05, 0) is 53.1 Å². The minimum atomic E-state index is -0.731. The molecule has 194 valence electrons. The van der Waals surface area contributed by atoms with Crippen LogP contribution in [0, 0.1) is 0 Å². The van der Waals surface area contributed by atoms with Crippen LogP contribution in [0.4, 0.5) is 5.69 Å². The van der Waals surface area contributed by atoms with Gasteiger partial charge in [0.15, 0.2) is 17.3 Å². The molecule has 5 N–H and O–H groups in total. The Balaban J connectivity index is 1.57. The Hall–Kier alpha value is -4.98. The molecule has 0 aliphatic rings. The number of ether oxygens (including phenoxy) is 2. The lowest BCUT2D eigenvalue weighted by Gasteiger charge is -2.22. The summed E-state index contributed by atoms with van der Waals surface area (Å²) in [6.45, 7) is 0.776. The SMILES string of the molecule is COc1cc([C@@H](Nc2ccc(C(N)=NO)cc2)C(=O)NCc2ccccc2)ccc1OCc1ccccc1. The maximum Gasteiger partial charge on any atom is 0.247 e. The van der Waals surface area contributed by atoms with E-state index in [2.05, 4.69) is 15.8 Å². The number of hydrogen-bond acceptors (Lipinski definition) is 6. The van der Waals surface area contributed by atoms with E-state index in [1.54, 1.807) is 43.5 Å². The van der Waals surface area contributed by atoms with Crippen LogP contribution in [0.5, 0.6) is 11.5 Å². The highest BCUT2D eigenvalue weighted by atomic mass is 16.5. The number of carbonyl (C=O) groups excluding carboxylic acids is 1. The topological polar surface area (TPSA) is 118 Å². The maximum absolute atomic E-state index is 13.4. The van der Waals surface area contributed by atoms with E-state index in [9.17, 15) is 4.79 Å². The van der Waals surface area contributed by atoms with Gasteiger partial charge in [-0.1, -0.05) is 71.9 Å². The van der Waals surface area contributed by atoms with Crippen LogP contribution in [0.25, 0.3) is 0 Å². The normalized spacial score (nSPS) is 11.9. The summed E-state index contributed by atoms with van der Waals surface area (Å²) in [5, 5.41) is 18.3. The largest absolute Gasteiger partial charge is 0.493 e. The van der Waals surface area contributed by atoms with Crippen molar-refractivity contribution in [2.24, 2.45) is 10.9 Å². The van der Waals surface area contributed by atoms with Crippen molar-refractivity contribution < 1.29 is 19.5 Å². The molecular formula is C30H30N4O4. The van der Waals surface area contributed by atoms with Gasteiger partial charge in [-0.2, -0.15) is 0 Å². The molecule has 0 unspecified atom stereocenters. The van der Waals surface area contributed by atoms with Crippen LogP contribution in [0.15, 0.2) is 108 Å². The number of nitrogens with zero attached hydrogens (tertiary/aromatic N) is 1. The predicted octanol–water partition coefficient (Wildman–Crippen LogP) is 4.84. The maximum atomic E-state index is 13.4. The summed E-state index contributed by atoms with van der Waals surface area (Å²) >= 11 is 0. The van der Waals surface area contributed by atoms with Crippen molar-refractivity contribution in [3.05, 3.63) is 125 Å². The number of methoxy groups -OCH3 is 1. The van der Waals surface area contributed by atoms with E-state index in [1.165, 1.54) is 0 Å². The Morgan fingerprint density at radius 3 is 2.18 bits per heavy atom. The van der Waals surface area contributed by atoms with Crippen molar-refractivity contribution >= 4 is 17.4 Å². The summed E-state index contributed by atoms with van der Waals surface area (Å²) in [7, 11) is 1.57. The molecular weight excluding hydrogens is 480 g/mol. The van der Waals surface area contributed by atoms with E-state index in [1.807, 2.05) is 66.7 Å². The first kappa shape index (κ1) is 26.1. The lowest BCUT2D eigenvalue weighted by Crippen LogP contribution is -2.33. The molecule has 8 nitrogen and oxygen atoms in total. The van der Waals surface area contributed by atoms with Crippen LogP contribution in [0.2, 0.25) is 0 Å². The number of oxime groups is 1.